The largest absolute Gasteiger partial charge is 0.486 e. The highest BCUT2D eigenvalue weighted by atomic mass is 35.5. The smallest absolute Gasteiger partial charge is 0.258 e. The van der Waals surface area contributed by atoms with Crippen molar-refractivity contribution in [3.05, 3.63) is 89.5 Å². The quantitative estimate of drug-likeness (QED) is 0.497. The number of hydrogen-bond donors (Lipinski definition) is 1. The second kappa shape index (κ2) is 8.65. The van der Waals surface area contributed by atoms with E-state index in [1.807, 2.05) is 48.6 Å². The molecular weight excluding hydrogens is 414 g/mol. The summed E-state index contributed by atoms with van der Waals surface area (Å²) >= 11 is 0. The van der Waals surface area contributed by atoms with Crippen molar-refractivity contribution in [2.45, 2.75) is 19.7 Å². The maximum Gasteiger partial charge on any atom is 0.258 e. The van der Waals surface area contributed by atoms with Gasteiger partial charge in [0.25, 0.3) is 5.91 Å². The molecule has 7 nitrogen and oxygen atoms in total. The van der Waals surface area contributed by atoms with Crippen LogP contribution in [0.25, 0.3) is 11.1 Å². The van der Waals surface area contributed by atoms with Gasteiger partial charge in [0.15, 0.2) is 0 Å². The van der Waals surface area contributed by atoms with Gasteiger partial charge in [-0.25, -0.2) is 0 Å². The maximum atomic E-state index is 13.1. The van der Waals surface area contributed by atoms with Crippen LogP contribution in [0.3, 0.4) is 0 Å². The number of halogens is 1. The minimum atomic E-state index is 0. The van der Waals surface area contributed by atoms with Gasteiger partial charge in [0.1, 0.15) is 12.4 Å². The van der Waals surface area contributed by atoms with Crippen LogP contribution in [0.2, 0.25) is 0 Å². The number of ether oxygens (including phenoxy) is 1. The van der Waals surface area contributed by atoms with E-state index in [9.17, 15) is 4.79 Å². The highest BCUT2D eigenvalue weighted by molar-refractivity contribution is 6.01. The molecule has 3 heterocycles. The standard InChI is InChI=1S/C23H21N5O2.ClH/c1-27-13-19(11-25-27)17-7-5-16(6-8-17)12-28-14-18-3-2-4-21(22(18)23(28)29)30-15-20-9-10-24-26-20;/h2-11,13H,12,14-15H2,1H3,(H,24,26);1H. The van der Waals surface area contributed by atoms with E-state index in [0.717, 1.165) is 27.9 Å². The minimum Gasteiger partial charge on any atom is -0.486 e. The van der Waals surface area contributed by atoms with Crippen LogP contribution < -0.4 is 4.74 Å². The molecule has 4 aromatic rings. The fourth-order valence-corrected chi connectivity index (χ4v) is 3.75. The molecule has 5 rings (SSSR count). The third-order valence-corrected chi connectivity index (χ3v) is 5.28. The van der Waals surface area contributed by atoms with Crippen molar-refractivity contribution in [3.8, 4) is 16.9 Å². The minimum absolute atomic E-state index is 0. The molecule has 158 valence electrons. The van der Waals surface area contributed by atoms with Gasteiger partial charge in [0, 0.05) is 38.1 Å². The summed E-state index contributed by atoms with van der Waals surface area (Å²) in [7, 11) is 1.90. The molecular formula is C23H22ClN5O2. The molecule has 1 aliphatic rings. The Morgan fingerprint density at radius 3 is 2.65 bits per heavy atom. The van der Waals surface area contributed by atoms with Crippen LogP contribution in [-0.2, 0) is 26.7 Å². The molecule has 8 heteroatoms. The lowest BCUT2D eigenvalue weighted by molar-refractivity contribution is 0.0763. The Morgan fingerprint density at radius 2 is 1.94 bits per heavy atom. The van der Waals surface area contributed by atoms with Gasteiger partial charge >= 0.3 is 0 Å². The number of benzene rings is 2. The summed E-state index contributed by atoms with van der Waals surface area (Å²) in [6, 6.07) is 15.9. The van der Waals surface area contributed by atoms with Crippen LogP contribution in [0, 0.1) is 0 Å². The number of carbonyl (C=O) groups is 1. The molecule has 1 N–H and O–H groups in total. The van der Waals surface area contributed by atoms with Crippen molar-refractivity contribution in [2.75, 3.05) is 0 Å². The predicted octanol–water partition coefficient (Wildman–Crippen LogP) is 3.97. The summed E-state index contributed by atoms with van der Waals surface area (Å²) < 4.78 is 7.69. The molecule has 2 aromatic heterocycles. The fourth-order valence-electron chi connectivity index (χ4n) is 3.75. The molecule has 0 fully saturated rings. The number of hydrogen-bond acceptors (Lipinski definition) is 4. The van der Waals surface area contributed by atoms with E-state index in [1.165, 1.54) is 0 Å². The molecule has 0 radical (unpaired) electrons. The SMILES string of the molecule is Cl.Cn1cc(-c2ccc(CN3Cc4cccc(OCc5ccn[nH]5)c4C3=O)cc2)cn1. The molecule has 0 spiro atoms. The number of rotatable bonds is 6. The van der Waals surface area contributed by atoms with E-state index in [2.05, 4.69) is 39.6 Å². The number of aromatic nitrogens is 4. The van der Waals surface area contributed by atoms with E-state index >= 15 is 0 Å². The third kappa shape index (κ3) is 4.18. The highest BCUT2D eigenvalue weighted by Gasteiger charge is 2.30. The number of nitrogens with zero attached hydrogens (tertiary/aromatic N) is 4. The van der Waals surface area contributed by atoms with Gasteiger partial charge in [-0.2, -0.15) is 10.2 Å². The first kappa shape index (κ1) is 20.7. The van der Waals surface area contributed by atoms with Crippen LogP contribution in [-0.4, -0.2) is 30.8 Å². The van der Waals surface area contributed by atoms with Crippen molar-refractivity contribution in [3.63, 3.8) is 0 Å². The van der Waals surface area contributed by atoms with E-state index in [-0.39, 0.29) is 18.3 Å². The van der Waals surface area contributed by atoms with Gasteiger partial charge in [-0.1, -0.05) is 36.4 Å². The summed E-state index contributed by atoms with van der Waals surface area (Å²) in [6.45, 7) is 1.49. The van der Waals surface area contributed by atoms with Crippen LogP contribution in [0.1, 0.15) is 27.2 Å². The number of aromatic amines is 1. The van der Waals surface area contributed by atoms with E-state index in [0.29, 0.717) is 31.0 Å². The molecule has 0 saturated heterocycles. The molecule has 1 aliphatic heterocycles. The fraction of sp³-hybridized carbons (Fsp3) is 0.174. The highest BCUT2D eigenvalue weighted by Crippen LogP contribution is 2.32. The number of amides is 1. The zero-order valence-corrected chi connectivity index (χ0v) is 17.8. The molecule has 0 saturated carbocycles. The van der Waals surface area contributed by atoms with Crippen LogP contribution >= 0.6 is 12.4 Å². The van der Waals surface area contributed by atoms with Crippen molar-refractivity contribution in [2.24, 2.45) is 7.05 Å². The van der Waals surface area contributed by atoms with Crippen molar-refractivity contribution in [1.82, 2.24) is 24.9 Å². The van der Waals surface area contributed by atoms with Gasteiger partial charge < -0.3 is 9.64 Å². The summed E-state index contributed by atoms with van der Waals surface area (Å²) in [5, 5.41) is 11.0. The zero-order valence-electron chi connectivity index (χ0n) is 17.0. The van der Waals surface area contributed by atoms with Gasteiger partial charge in [-0.3, -0.25) is 14.6 Å². The molecule has 2 aromatic carbocycles. The third-order valence-electron chi connectivity index (χ3n) is 5.28. The average molecular weight is 436 g/mol. The molecule has 31 heavy (non-hydrogen) atoms. The Hall–Kier alpha value is -3.58. The Morgan fingerprint density at radius 1 is 1.10 bits per heavy atom. The summed E-state index contributed by atoms with van der Waals surface area (Å²) in [5.74, 6) is 0.614. The second-order valence-electron chi connectivity index (χ2n) is 7.42. The lowest BCUT2D eigenvalue weighted by Gasteiger charge is -2.16. The van der Waals surface area contributed by atoms with E-state index in [1.54, 1.807) is 10.9 Å². The summed E-state index contributed by atoms with van der Waals surface area (Å²) in [6.07, 6.45) is 5.52. The van der Waals surface area contributed by atoms with Gasteiger partial charge in [0.05, 0.1) is 17.5 Å². The number of fused-ring (bicyclic) bond motifs is 1. The average Bonchev–Trinajstić information content (AvgIpc) is 3.49. The van der Waals surface area contributed by atoms with Gasteiger partial charge in [-0.15, -0.1) is 12.4 Å². The molecule has 0 unspecified atom stereocenters. The van der Waals surface area contributed by atoms with E-state index in [4.69, 9.17) is 4.74 Å². The van der Waals surface area contributed by atoms with Crippen molar-refractivity contribution >= 4 is 18.3 Å². The number of nitrogens with one attached hydrogen (secondary N) is 1. The Labute approximate surface area is 186 Å². The first-order valence-corrected chi connectivity index (χ1v) is 9.77. The number of H-pyrrole nitrogens is 1. The molecule has 0 atom stereocenters. The maximum absolute atomic E-state index is 13.1. The Balaban J connectivity index is 0.00000231. The lowest BCUT2D eigenvalue weighted by Crippen LogP contribution is -2.23. The van der Waals surface area contributed by atoms with Crippen LogP contribution in [0.5, 0.6) is 5.75 Å². The topological polar surface area (TPSA) is 76.0 Å². The summed E-state index contributed by atoms with van der Waals surface area (Å²) in [5.41, 5.74) is 5.79. The molecule has 0 bridgehead atoms. The van der Waals surface area contributed by atoms with Gasteiger partial charge in [-0.05, 0) is 28.8 Å². The molecule has 1 amide bonds. The lowest BCUT2D eigenvalue weighted by atomic mass is 10.1. The normalized spacial score (nSPS) is 12.5. The zero-order chi connectivity index (χ0) is 20.5. The van der Waals surface area contributed by atoms with E-state index < -0.39 is 0 Å². The van der Waals surface area contributed by atoms with Crippen molar-refractivity contribution in [1.29, 1.82) is 0 Å². The predicted molar refractivity (Wildman–Crippen MR) is 119 cm³/mol. The Bertz CT molecular complexity index is 1190. The monoisotopic (exact) mass is 435 g/mol. The van der Waals surface area contributed by atoms with Crippen molar-refractivity contribution < 1.29 is 9.53 Å². The second-order valence-corrected chi connectivity index (χ2v) is 7.42. The van der Waals surface area contributed by atoms with Crippen LogP contribution in [0.4, 0.5) is 0 Å². The van der Waals surface area contributed by atoms with Gasteiger partial charge in [0.2, 0.25) is 0 Å². The summed E-state index contributed by atoms with van der Waals surface area (Å²) in [4.78, 5) is 14.9. The van der Waals surface area contributed by atoms with Crippen LogP contribution in [0.15, 0.2) is 67.1 Å². The first-order chi connectivity index (χ1) is 14.7. The first-order valence-electron chi connectivity index (χ1n) is 9.77. The Kier molecular flexibility index (Phi) is 5.77. The number of aryl methyl sites for hydroxylation is 1. The number of carbonyl (C=O) groups excluding carboxylic acids is 1. The molecule has 0 aliphatic carbocycles.